The lowest BCUT2D eigenvalue weighted by molar-refractivity contribution is -0.119. The second-order valence-corrected chi connectivity index (χ2v) is 6.01. The highest BCUT2D eigenvalue weighted by Gasteiger charge is 2.45. The van der Waals surface area contributed by atoms with Crippen LogP contribution in [0.1, 0.15) is 17.9 Å². The Kier molecular flexibility index (Phi) is 3.45. The second kappa shape index (κ2) is 5.63. The molecule has 4 rings (SSSR count). The van der Waals surface area contributed by atoms with Gasteiger partial charge in [-0.15, -0.1) is 0 Å². The van der Waals surface area contributed by atoms with E-state index in [4.69, 9.17) is 4.74 Å². The zero-order valence-electron chi connectivity index (χ0n) is 12.7. The third kappa shape index (κ3) is 2.71. The number of carbonyl (C=O) groups is 2. The number of amides is 2. The van der Waals surface area contributed by atoms with Crippen LogP contribution < -0.4 is 15.4 Å². The fourth-order valence-electron chi connectivity index (χ4n) is 3.00. The summed E-state index contributed by atoms with van der Waals surface area (Å²) in [6.45, 7) is -0.00883. The Morgan fingerprint density at radius 3 is 2.92 bits per heavy atom. The van der Waals surface area contributed by atoms with Crippen LogP contribution in [0.2, 0.25) is 0 Å². The molecule has 2 atom stereocenters. The fraction of sp³-hybridized carbons (Fsp3) is 0.222. The van der Waals surface area contributed by atoms with Crippen molar-refractivity contribution in [2.75, 3.05) is 17.2 Å². The lowest BCUT2D eigenvalue weighted by Gasteiger charge is -2.18. The predicted octanol–water partition coefficient (Wildman–Crippen LogP) is 2.90. The molecular weight excluding hydrogens is 311 g/mol. The van der Waals surface area contributed by atoms with E-state index in [-0.39, 0.29) is 36.1 Å². The van der Waals surface area contributed by atoms with Gasteiger partial charge in [-0.05, 0) is 42.2 Å². The van der Waals surface area contributed by atoms with Crippen LogP contribution in [0.3, 0.4) is 0 Å². The monoisotopic (exact) mass is 326 g/mol. The maximum atomic E-state index is 13.8. The summed E-state index contributed by atoms with van der Waals surface area (Å²) in [6, 6.07) is 11.6. The molecule has 1 saturated carbocycles. The largest absolute Gasteiger partial charge is 0.482 e. The molecule has 1 fully saturated rings. The van der Waals surface area contributed by atoms with Gasteiger partial charge in [-0.1, -0.05) is 18.2 Å². The number of rotatable bonds is 3. The van der Waals surface area contributed by atoms with E-state index in [0.717, 1.165) is 0 Å². The standard InChI is InChI=1S/C18H15FN2O3/c19-14-4-2-1-3-11(14)12-8-13(12)18(23)20-10-5-6-16-15(7-10)21-17(22)9-24-16/h1-7,12-13H,8-9H2,(H,20,23)(H,21,22). The molecule has 0 spiro atoms. The topological polar surface area (TPSA) is 67.4 Å². The highest BCUT2D eigenvalue weighted by molar-refractivity contribution is 5.99. The average Bonchev–Trinajstić information content (AvgIpc) is 3.35. The van der Waals surface area contributed by atoms with Crippen LogP contribution in [0.5, 0.6) is 5.75 Å². The number of hydrogen-bond acceptors (Lipinski definition) is 3. The highest BCUT2D eigenvalue weighted by atomic mass is 19.1. The van der Waals surface area contributed by atoms with Crippen molar-refractivity contribution in [1.29, 1.82) is 0 Å². The van der Waals surface area contributed by atoms with Crippen molar-refractivity contribution in [3.05, 3.63) is 53.8 Å². The highest BCUT2D eigenvalue weighted by Crippen LogP contribution is 2.48. The summed E-state index contributed by atoms with van der Waals surface area (Å²) in [6.07, 6.45) is 0.636. The lowest BCUT2D eigenvalue weighted by atomic mass is 10.1. The summed E-state index contributed by atoms with van der Waals surface area (Å²) in [4.78, 5) is 23.7. The first-order chi connectivity index (χ1) is 11.6. The number of halogens is 1. The van der Waals surface area contributed by atoms with E-state index in [2.05, 4.69) is 10.6 Å². The second-order valence-electron chi connectivity index (χ2n) is 6.01. The molecule has 1 aliphatic heterocycles. The molecule has 6 heteroatoms. The molecule has 0 bridgehead atoms. The number of nitrogens with one attached hydrogen (secondary N) is 2. The molecule has 0 aromatic heterocycles. The maximum absolute atomic E-state index is 13.8. The Balaban J connectivity index is 1.45. The van der Waals surface area contributed by atoms with Crippen molar-refractivity contribution in [2.24, 2.45) is 5.92 Å². The zero-order chi connectivity index (χ0) is 16.7. The van der Waals surface area contributed by atoms with Crippen molar-refractivity contribution in [3.63, 3.8) is 0 Å². The van der Waals surface area contributed by atoms with Gasteiger partial charge in [-0.2, -0.15) is 0 Å². The van der Waals surface area contributed by atoms with Crippen LogP contribution >= 0.6 is 0 Å². The fourth-order valence-corrected chi connectivity index (χ4v) is 3.00. The van der Waals surface area contributed by atoms with Crippen molar-refractivity contribution >= 4 is 23.2 Å². The third-order valence-electron chi connectivity index (χ3n) is 4.31. The van der Waals surface area contributed by atoms with Gasteiger partial charge in [-0.25, -0.2) is 4.39 Å². The van der Waals surface area contributed by atoms with Gasteiger partial charge in [0.05, 0.1) is 5.69 Å². The van der Waals surface area contributed by atoms with Crippen LogP contribution in [0.15, 0.2) is 42.5 Å². The summed E-state index contributed by atoms with van der Waals surface area (Å²) in [5, 5.41) is 5.52. The number of carbonyl (C=O) groups excluding carboxylic acids is 2. The van der Waals surface area contributed by atoms with Crippen molar-refractivity contribution in [1.82, 2.24) is 0 Å². The van der Waals surface area contributed by atoms with E-state index in [1.54, 1.807) is 36.4 Å². The Bertz CT molecular complexity index is 837. The van der Waals surface area contributed by atoms with Crippen LogP contribution in [0.25, 0.3) is 0 Å². The summed E-state index contributed by atoms with van der Waals surface area (Å²) in [5.74, 6) is -0.385. The molecule has 2 unspecified atom stereocenters. The minimum atomic E-state index is -0.272. The van der Waals surface area contributed by atoms with Gasteiger partial charge in [0.15, 0.2) is 6.61 Å². The Labute approximate surface area is 137 Å². The normalized spacial score (nSPS) is 21.3. The van der Waals surface area contributed by atoms with Crippen LogP contribution in [0, 0.1) is 11.7 Å². The molecule has 0 radical (unpaired) electrons. The molecule has 24 heavy (non-hydrogen) atoms. The molecule has 2 aromatic rings. The summed E-state index contributed by atoms with van der Waals surface area (Å²) in [5.41, 5.74) is 1.69. The Morgan fingerprint density at radius 1 is 1.25 bits per heavy atom. The predicted molar refractivity (Wildman–Crippen MR) is 86.4 cm³/mol. The summed E-state index contributed by atoms with van der Waals surface area (Å²) >= 11 is 0. The number of anilines is 2. The van der Waals surface area contributed by atoms with E-state index in [9.17, 15) is 14.0 Å². The van der Waals surface area contributed by atoms with Crippen LogP contribution in [-0.2, 0) is 9.59 Å². The lowest BCUT2D eigenvalue weighted by Crippen LogP contribution is -2.25. The summed E-state index contributed by atoms with van der Waals surface area (Å²) in [7, 11) is 0. The molecule has 1 aliphatic carbocycles. The first-order valence-corrected chi connectivity index (χ1v) is 7.74. The molecule has 122 valence electrons. The number of fused-ring (bicyclic) bond motifs is 1. The molecule has 2 aromatic carbocycles. The smallest absolute Gasteiger partial charge is 0.262 e. The van der Waals surface area contributed by atoms with E-state index < -0.39 is 0 Å². The van der Waals surface area contributed by atoms with Crippen molar-refractivity contribution in [3.8, 4) is 5.75 Å². The van der Waals surface area contributed by atoms with Gasteiger partial charge in [0, 0.05) is 11.6 Å². The van der Waals surface area contributed by atoms with Gasteiger partial charge in [-0.3, -0.25) is 9.59 Å². The van der Waals surface area contributed by atoms with Crippen molar-refractivity contribution < 1.29 is 18.7 Å². The average molecular weight is 326 g/mol. The maximum Gasteiger partial charge on any atom is 0.262 e. The minimum absolute atomic E-state index is 0.00883. The van der Waals surface area contributed by atoms with Gasteiger partial charge in [0.1, 0.15) is 11.6 Å². The van der Waals surface area contributed by atoms with Crippen LogP contribution in [-0.4, -0.2) is 18.4 Å². The van der Waals surface area contributed by atoms with E-state index in [1.165, 1.54) is 6.07 Å². The molecule has 1 heterocycles. The van der Waals surface area contributed by atoms with Crippen LogP contribution in [0.4, 0.5) is 15.8 Å². The first-order valence-electron chi connectivity index (χ1n) is 7.74. The zero-order valence-corrected chi connectivity index (χ0v) is 12.7. The quantitative estimate of drug-likeness (QED) is 0.911. The van der Waals surface area contributed by atoms with Gasteiger partial charge in [0.2, 0.25) is 5.91 Å². The molecule has 2 amide bonds. The SMILES string of the molecule is O=C1COc2ccc(NC(=O)C3CC3c3ccccc3F)cc2N1. The van der Waals surface area contributed by atoms with Gasteiger partial charge < -0.3 is 15.4 Å². The number of ether oxygens (including phenoxy) is 1. The number of hydrogen-bond donors (Lipinski definition) is 2. The minimum Gasteiger partial charge on any atom is -0.482 e. The summed E-state index contributed by atoms with van der Waals surface area (Å²) < 4.78 is 19.1. The van der Waals surface area contributed by atoms with Crippen molar-refractivity contribution in [2.45, 2.75) is 12.3 Å². The van der Waals surface area contributed by atoms with Gasteiger partial charge in [0.25, 0.3) is 5.91 Å². The third-order valence-corrected chi connectivity index (χ3v) is 4.31. The van der Waals surface area contributed by atoms with Gasteiger partial charge >= 0.3 is 0 Å². The molecule has 2 N–H and O–H groups in total. The molecule has 5 nitrogen and oxygen atoms in total. The van der Waals surface area contributed by atoms with E-state index in [0.29, 0.717) is 29.1 Å². The molecule has 2 aliphatic rings. The van der Waals surface area contributed by atoms with E-state index in [1.807, 2.05) is 0 Å². The Morgan fingerprint density at radius 2 is 2.08 bits per heavy atom. The Hall–Kier alpha value is -2.89. The first kappa shape index (κ1) is 14.7. The van der Waals surface area contributed by atoms with E-state index >= 15 is 0 Å². The molecule has 0 saturated heterocycles. The molecular formula is C18H15FN2O3. The number of benzene rings is 2.